The molecule has 3 fully saturated rings. The Morgan fingerprint density at radius 2 is 1.89 bits per heavy atom. The number of hydrogen-bond donors (Lipinski definition) is 3. The minimum atomic E-state index is -5.17. The lowest BCUT2D eigenvalue weighted by molar-refractivity contribution is -0.176. The predicted molar refractivity (Wildman–Crippen MR) is 126 cm³/mol. The van der Waals surface area contributed by atoms with E-state index in [1.807, 2.05) is 25.2 Å². The summed E-state index contributed by atoms with van der Waals surface area (Å²) in [6, 6.07) is -1.45. The third-order valence-corrected chi connectivity index (χ3v) is 8.35. The summed E-state index contributed by atoms with van der Waals surface area (Å²) in [6.07, 6.45) is -2.94. The second-order valence-electron chi connectivity index (χ2n) is 11.8. The summed E-state index contributed by atoms with van der Waals surface area (Å²) in [5, 5.41) is 16.9. The van der Waals surface area contributed by atoms with Gasteiger partial charge in [0.15, 0.2) is 0 Å². The normalized spacial score (nSPS) is 30.9. The summed E-state index contributed by atoms with van der Waals surface area (Å²) in [6.45, 7) is 9.32. The molecular weight excluding hydrogens is 491 g/mol. The number of nitrogens with zero attached hydrogens (tertiary/aromatic N) is 2. The van der Waals surface area contributed by atoms with Crippen LogP contribution >= 0.6 is 0 Å². The van der Waals surface area contributed by atoms with E-state index in [1.54, 1.807) is 0 Å². The molecule has 37 heavy (non-hydrogen) atoms. The van der Waals surface area contributed by atoms with Crippen molar-refractivity contribution in [3.05, 3.63) is 0 Å². The Balaban J connectivity index is 1.83. The van der Waals surface area contributed by atoms with Crippen LogP contribution in [0.25, 0.3) is 0 Å². The maximum Gasteiger partial charge on any atom is 0.471 e. The molecule has 0 aromatic heterocycles. The van der Waals surface area contributed by atoms with Gasteiger partial charge in [-0.1, -0.05) is 41.0 Å². The van der Waals surface area contributed by atoms with Gasteiger partial charge >= 0.3 is 12.1 Å². The van der Waals surface area contributed by atoms with Gasteiger partial charge in [-0.25, -0.2) is 0 Å². The summed E-state index contributed by atoms with van der Waals surface area (Å²) < 4.78 is 39.0. The molecule has 2 heterocycles. The van der Waals surface area contributed by atoms with Gasteiger partial charge in [-0.15, -0.1) is 0 Å². The van der Waals surface area contributed by atoms with E-state index in [1.165, 1.54) is 25.7 Å². The highest BCUT2D eigenvalue weighted by Crippen LogP contribution is 2.67. The number of rotatable bonds is 7. The second kappa shape index (κ2) is 10.1. The van der Waals surface area contributed by atoms with Crippen molar-refractivity contribution in [2.75, 3.05) is 13.1 Å². The van der Waals surface area contributed by atoms with Gasteiger partial charge in [0.2, 0.25) is 17.7 Å². The van der Waals surface area contributed by atoms with Crippen LogP contribution < -0.4 is 16.0 Å². The number of amides is 4. The van der Waals surface area contributed by atoms with Crippen molar-refractivity contribution in [2.45, 2.75) is 84.6 Å². The third-order valence-electron chi connectivity index (χ3n) is 8.35. The molecule has 0 aromatic rings. The highest BCUT2D eigenvalue weighted by Gasteiger charge is 2.71. The molecule has 1 saturated carbocycles. The van der Waals surface area contributed by atoms with Crippen LogP contribution in [0.2, 0.25) is 0 Å². The molecular formula is C25H36F3N5O4. The van der Waals surface area contributed by atoms with E-state index in [4.69, 9.17) is 0 Å². The SMILES string of the molecule is CCC1(C)[C@@H]2[C@@H](C(=O)N[C@H](C#N)C[C@@H]3CCCNC3=O)N(C(=O)[C@@H](NC(=O)C(F)(F)F)C(C)(C)C)C[C@@H]21. The third kappa shape index (κ3) is 5.70. The van der Waals surface area contributed by atoms with Crippen LogP contribution in [-0.4, -0.2) is 65.9 Å². The van der Waals surface area contributed by atoms with E-state index in [0.717, 1.165) is 12.8 Å². The standard InChI is InChI=1S/C25H36F3N5O4/c1-6-24(5)15-12-33(21(36)18(23(2,3)4)32-22(37)25(26,27)28)17(16(15)24)20(35)31-14(11-29)10-13-8-7-9-30-19(13)34/h13-18H,6-10,12H2,1-5H3,(H,30,34)(H,31,35)(H,32,37)/t13-,14-,15-,16-,17-,18+,24?/m0/s1. The summed E-state index contributed by atoms with van der Waals surface area (Å²) in [4.78, 5) is 52.2. The molecule has 1 unspecified atom stereocenters. The van der Waals surface area contributed by atoms with Gasteiger partial charge in [-0.05, 0) is 41.9 Å². The van der Waals surface area contributed by atoms with E-state index in [9.17, 15) is 37.6 Å². The van der Waals surface area contributed by atoms with Crippen molar-refractivity contribution in [2.24, 2.45) is 28.6 Å². The zero-order valence-electron chi connectivity index (χ0n) is 21.9. The van der Waals surface area contributed by atoms with Crippen LogP contribution in [-0.2, 0) is 19.2 Å². The van der Waals surface area contributed by atoms with E-state index in [0.29, 0.717) is 13.0 Å². The molecule has 0 aromatic carbocycles. The number of halogens is 3. The Labute approximate surface area is 214 Å². The van der Waals surface area contributed by atoms with E-state index in [-0.39, 0.29) is 36.1 Å². The highest BCUT2D eigenvalue weighted by atomic mass is 19.4. The van der Waals surface area contributed by atoms with Gasteiger partial charge in [0, 0.05) is 19.0 Å². The highest BCUT2D eigenvalue weighted by molar-refractivity contribution is 5.95. The van der Waals surface area contributed by atoms with Gasteiger partial charge in [-0.2, -0.15) is 18.4 Å². The topological polar surface area (TPSA) is 131 Å². The largest absolute Gasteiger partial charge is 0.471 e. The Bertz CT molecular complexity index is 988. The number of carbonyl (C=O) groups is 4. The molecule has 2 saturated heterocycles. The van der Waals surface area contributed by atoms with E-state index in [2.05, 4.69) is 10.6 Å². The average Bonchev–Trinajstić information content (AvgIpc) is 3.16. The molecule has 0 spiro atoms. The minimum Gasteiger partial charge on any atom is -0.356 e. The van der Waals surface area contributed by atoms with Gasteiger partial charge in [0.05, 0.1) is 6.07 Å². The molecule has 7 atom stereocenters. The second-order valence-corrected chi connectivity index (χ2v) is 11.8. The zero-order chi connectivity index (χ0) is 27.9. The molecule has 3 aliphatic rings. The monoisotopic (exact) mass is 527 g/mol. The Hall–Kier alpha value is -2.84. The molecule has 3 N–H and O–H groups in total. The fraction of sp³-hybridized carbons (Fsp3) is 0.800. The fourth-order valence-corrected chi connectivity index (χ4v) is 5.92. The molecule has 3 rings (SSSR count). The molecule has 12 heteroatoms. The summed E-state index contributed by atoms with van der Waals surface area (Å²) in [5.41, 5.74) is -1.29. The van der Waals surface area contributed by atoms with E-state index >= 15 is 0 Å². The molecule has 9 nitrogen and oxygen atoms in total. The molecule has 1 aliphatic carbocycles. The van der Waals surface area contributed by atoms with Crippen molar-refractivity contribution in [3.8, 4) is 6.07 Å². The number of nitriles is 1. The number of hydrogen-bond acceptors (Lipinski definition) is 5. The first kappa shape index (κ1) is 28.7. The van der Waals surface area contributed by atoms with Crippen LogP contribution in [0.15, 0.2) is 0 Å². The number of nitrogens with one attached hydrogen (secondary N) is 3. The number of fused-ring (bicyclic) bond motifs is 1. The fourth-order valence-electron chi connectivity index (χ4n) is 5.92. The van der Waals surface area contributed by atoms with Crippen molar-refractivity contribution >= 4 is 23.6 Å². The minimum absolute atomic E-state index is 0.0270. The first-order valence-electron chi connectivity index (χ1n) is 12.7. The Morgan fingerprint density at radius 1 is 1.24 bits per heavy atom. The van der Waals surface area contributed by atoms with Crippen molar-refractivity contribution in [1.29, 1.82) is 5.26 Å². The van der Waals surface area contributed by atoms with Crippen LogP contribution in [0.3, 0.4) is 0 Å². The van der Waals surface area contributed by atoms with Crippen LogP contribution in [0.1, 0.15) is 60.3 Å². The van der Waals surface area contributed by atoms with Crippen molar-refractivity contribution in [1.82, 2.24) is 20.9 Å². The van der Waals surface area contributed by atoms with Crippen molar-refractivity contribution < 1.29 is 32.3 Å². The maximum absolute atomic E-state index is 13.6. The van der Waals surface area contributed by atoms with Gasteiger partial charge in [0.25, 0.3) is 0 Å². The zero-order valence-corrected chi connectivity index (χ0v) is 21.9. The van der Waals surface area contributed by atoms with Crippen LogP contribution in [0.5, 0.6) is 0 Å². The smallest absolute Gasteiger partial charge is 0.356 e. The molecule has 0 radical (unpaired) electrons. The lowest BCUT2D eigenvalue weighted by Crippen LogP contribution is -2.61. The number of carbonyl (C=O) groups excluding carboxylic acids is 4. The van der Waals surface area contributed by atoms with Crippen LogP contribution in [0, 0.1) is 39.9 Å². The molecule has 2 aliphatic heterocycles. The quantitative estimate of drug-likeness (QED) is 0.465. The van der Waals surface area contributed by atoms with Gasteiger partial charge in [-0.3, -0.25) is 19.2 Å². The number of alkyl halides is 3. The maximum atomic E-state index is 13.6. The van der Waals surface area contributed by atoms with E-state index < -0.39 is 53.4 Å². The lowest BCUT2D eigenvalue weighted by Gasteiger charge is -2.38. The first-order chi connectivity index (χ1) is 17.1. The molecule has 206 valence electrons. The Morgan fingerprint density at radius 3 is 2.41 bits per heavy atom. The number of piperidine rings is 2. The summed E-state index contributed by atoms with van der Waals surface area (Å²) in [7, 11) is 0. The molecule has 4 amide bonds. The van der Waals surface area contributed by atoms with Gasteiger partial charge in [0.1, 0.15) is 18.1 Å². The lowest BCUT2D eigenvalue weighted by atomic mass is 9.85. The summed E-state index contributed by atoms with van der Waals surface area (Å²) >= 11 is 0. The summed E-state index contributed by atoms with van der Waals surface area (Å²) in [5.74, 6) is -4.41. The van der Waals surface area contributed by atoms with Gasteiger partial charge < -0.3 is 20.9 Å². The van der Waals surface area contributed by atoms with Crippen molar-refractivity contribution in [3.63, 3.8) is 0 Å². The molecule has 0 bridgehead atoms. The Kier molecular flexibility index (Phi) is 7.87. The average molecular weight is 528 g/mol. The van der Waals surface area contributed by atoms with Crippen LogP contribution in [0.4, 0.5) is 13.2 Å². The number of likely N-dealkylation sites (tertiary alicyclic amines) is 1. The first-order valence-corrected chi connectivity index (χ1v) is 12.7. The predicted octanol–water partition coefficient (Wildman–Crippen LogP) is 1.88.